The van der Waals surface area contributed by atoms with E-state index in [1.54, 1.807) is 6.20 Å². The lowest BCUT2D eigenvalue weighted by molar-refractivity contribution is 0.0933. The van der Waals surface area contributed by atoms with Crippen molar-refractivity contribution >= 4 is 11.6 Å². The van der Waals surface area contributed by atoms with E-state index < -0.39 is 5.82 Å². The molecule has 1 atom stereocenters. The lowest BCUT2D eigenvalue weighted by atomic mass is 9.92. The van der Waals surface area contributed by atoms with E-state index in [0.717, 1.165) is 30.5 Å². The molecule has 3 rings (SSSR count). The fraction of sp³-hybridized carbons (Fsp3) is 0.333. The third kappa shape index (κ3) is 2.37. The summed E-state index contributed by atoms with van der Waals surface area (Å²) in [5.41, 5.74) is 7.87. The molecule has 6 heteroatoms. The molecule has 1 aromatic carbocycles. The quantitative estimate of drug-likeness (QED) is 0.830. The number of aromatic nitrogens is 2. The van der Waals surface area contributed by atoms with Crippen LogP contribution < -0.4 is 11.1 Å². The molecule has 1 heterocycles. The maximum absolute atomic E-state index is 13.4. The van der Waals surface area contributed by atoms with Crippen LogP contribution in [0.4, 0.5) is 10.1 Å². The van der Waals surface area contributed by atoms with E-state index in [9.17, 15) is 9.18 Å². The number of nitrogens with two attached hydrogens (primary N) is 1. The van der Waals surface area contributed by atoms with Crippen LogP contribution in [-0.4, -0.2) is 15.7 Å². The average Bonchev–Trinajstić information content (AvgIpc) is 2.85. The van der Waals surface area contributed by atoms with Gasteiger partial charge in [0.1, 0.15) is 5.82 Å². The van der Waals surface area contributed by atoms with Crippen molar-refractivity contribution in [2.24, 2.45) is 7.05 Å². The van der Waals surface area contributed by atoms with Crippen LogP contribution in [0, 0.1) is 5.82 Å². The monoisotopic (exact) mass is 288 g/mol. The van der Waals surface area contributed by atoms with Gasteiger partial charge in [-0.2, -0.15) is 5.10 Å². The number of aryl methyl sites for hydroxylation is 1. The third-order valence-corrected chi connectivity index (χ3v) is 3.98. The van der Waals surface area contributed by atoms with Gasteiger partial charge in [0.15, 0.2) is 0 Å². The summed E-state index contributed by atoms with van der Waals surface area (Å²) in [6, 6.07) is 4.15. The summed E-state index contributed by atoms with van der Waals surface area (Å²) in [5, 5.41) is 7.17. The van der Waals surface area contributed by atoms with Gasteiger partial charge < -0.3 is 11.1 Å². The molecule has 5 nitrogen and oxygen atoms in total. The zero-order chi connectivity index (χ0) is 15.0. The molecule has 1 unspecified atom stereocenters. The number of amides is 1. The highest BCUT2D eigenvalue weighted by Crippen LogP contribution is 2.29. The molecule has 0 saturated heterocycles. The Labute approximate surface area is 121 Å². The first-order chi connectivity index (χ1) is 10.1. The van der Waals surface area contributed by atoms with E-state index in [0.29, 0.717) is 0 Å². The van der Waals surface area contributed by atoms with Crippen LogP contribution in [0.5, 0.6) is 0 Å². The van der Waals surface area contributed by atoms with Crippen molar-refractivity contribution in [3.05, 3.63) is 47.0 Å². The molecule has 0 fully saturated rings. The molecule has 0 saturated carbocycles. The fourth-order valence-corrected chi connectivity index (χ4v) is 2.83. The summed E-state index contributed by atoms with van der Waals surface area (Å²) in [6.45, 7) is 0. The van der Waals surface area contributed by atoms with Crippen molar-refractivity contribution in [1.29, 1.82) is 0 Å². The number of anilines is 1. The van der Waals surface area contributed by atoms with Gasteiger partial charge in [0, 0.05) is 18.3 Å². The van der Waals surface area contributed by atoms with Gasteiger partial charge in [0.25, 0.3) is 5.91 Å². The molecular weight excluding hydrogens is 271 g/mol. The number of hydrogen-bond donors (Lipinski definition) is 2. The first-order valence-electron chi connectivity index (χ1n) is 6.93. The van der Waals surface area contributed by atoms with E-state index in [2.05, 4.69) is 10.4 Å². The van der Waals surface area contributed by atoms with Gasteiger partial charge in [-0.3, -0.25) is 9.48 Å². The second kappa shape index (κ2) is 5.20. The van der Waals surface area contributed by atoms with E-state index in [1.165, 1.54) is 18.2 Å². The summed E-state index contributed by atoms with van der Waals surface area (Å²) >= 11 is 0. The molecule has 1 aromatic heterocycles. The SMILES string of the molecule is Cn1ncc2c1CCCC2NC(=O)c1cccc(F)c1N. The Kier molecular flexibility index (Phi) is 3.37. The van der Waals surface area contributed by atoms with Gasteiger partial charge in [0.2, 0.25) is 0 Å². The minimum atomic E-state index is -0.576. The van der Waals surface area contributed by atoms with Crippen molar-refractivity contribution in [2.45, 2.75) is 25.3 Å². The zero-order valence-corrected chi connectivity index (χ0v) is 11.8. The smallest absolute Gasteiger partial charge is 0.253 e. The Morgan fingerprint density at radius 2 is 2.33 bits per heavy atom. The maximum Gasteiger partial charge on any atom is 0.253 e. The third-order valence-electron chi connectivity index (χ3n) is 3.98. The molecular formula is C15H17FN4O. The van der Waals surface area contributed by atoms with Gasteiger partial charge >= 0.3 is 0 Å². The van der Waals surface area contributed by atoms with E-state index in [1.807, 2.05) is 11.7 Å². The van der Waals surface area contributed by atoms with Crippen LogP contribution in [0.3, 0.4) is 0 Å². The van der Waals surface area contributed by atoms with Crippen molar-refractivity contribution < 1.29 is 9.18 Å². The molecule has 0 aliphatic heterocycles. The van der Waals surface area contributed by atoms with Crippen LogP contribution in [0.2, 0.25) is 0 Å². The van der Waals surface area contributed by atoms with Gasteiger partial charge in [-0.25, -0.2) is 4.39 Å². The number of nitrogens with zero attached hydrogens (tertiary/aromatic N) is 2. The molecule has 0 radical (unpaired) electrons. The van der Waals surface area contributed by atoms with Gasteiger partial charge in [-0.1, -0.05) is 6.07 Å². The Bertz CT molecular complexity index is 695. The van der Waals surface area contributed by atoms with Crippen molar-refractivity contribution in [3.63, 3.8) is 0 Å². The predicted octanol–water partition coefficient (Wildman–Crippen LogP) is 1.95. The molecule has 1 aliphatic rings. The van der Waals surface area contributed by atoms with Crippen LogP contribution in [0.1, 0.15) is 40.5 Å². The van der Waals surface area contributed by atoms with Gasteiger partial charge in [-0.15, -0.1) is 0 Å². The number of carbonyl (C=O) groups excluding carboxylic acids is 1. The number of halogens is 1. The Morgan fingerprint density at radius 1 is 1.52 bits per heavy atom. The first kappa shape index (κ1) is 13.6. The lowest BCUT2D eigenvalue weighted by Gasteiger charge is -2.24. The Morgan fingerprint density at radius 3 is 3.14 bits per heavy atom. The molecule has 1 aliphatic carbocycles. The summed E-state index contributed by atoms with van der Waals surface area (Å²) in [5.74, 6) is -0.929. The largest absolute Gasteiger partial charge is 0.396 e. The summed E-state index contributed by atoms with van der Waals surface area (Å²) in [7, 11) is 1.90. The minimum absolute atomic E-state index is 0.0994. The van der Waals surface area contributed by atoms with E-state index in [4.69, 9.17) is 5.73 Å². The van der Waals surface area contributed by atoms with Crippen molar-refractivity contribution in [1.82, 2.24) is 15.1 Å². The predicted molar refractivity (Wildman–Crippen MR) is 77.2 cm³/mol. The molecule has 110 valence electrons. The van der Waals surface area contributed by atoms with Crippen molar-refractivity contribution in [2.75, 3.05) is 5.73 Å². The minimum Gasteiger partial charge on any atom is -0.396 e. The molecule has 3 N–H and O–H groups in total. The highest BCUT2D eigenvalue weighted by atomic mass is 19.1. The number of nitrogen functional groups attached to an aromatic ring is 1. The van der Waals surface area contributed by atoms with Crippen LogP contribution in [-0.2, 0) is 13.5 Å². The van der Waals surface area contributed by atoms with Crippen LogP contribution in [0.25, 0.3) is 0 Å². The number of fused-ring (bicyclic) bond motifs is 1. The molecule has 1 amide bonds. The van der Waals surface area contributed by atoms with E-state index >= 15 is 0 Å². The highest BCUT2D eigenvalue weighted by Gasteiger charge is 2.25. The highest BCUT2D eigenvalue weighted by molar-refractivity contribution is 5.99. The summed E-state index contributed by atoms with van der Waals surface area (Å²) < 4.78 is 15.3. The number of para-hydroxylation sites is 1. The molecule has 2 aromatic rings. The number of carbonyl (C=O) groups is 1. The number of nitrogens with one attached hydrogen (secondary N) is 1. The maximum atomic E-state index is 13.4. The van der Waals surface area contributed by atoms with Crippen LogP contribution in [0.15, 0.2) is 24.4 Å². The fourth-order valence-electron chi connectivity index (χ4n) is 2.83. The summed E-state index contributed by atoms with van der Waals surface area (Å²) in [6.07, 6.45) is 4.57. The van der Waals surface area contributed by atoms with Crippen LogP contribution >= 0.6 is 0 Å². The summed E-state index contributed by atoms with van der Waals surface area (Å²) in [4.78, 5) is 12.3. The number of benzene rings is 1. The standard InChI is InChI=1S/C15H17FN4O/c1-20-13-7-3-6-12(10(13)8-18-20)19-15(21)9-4-2-5-11(16)14(9)17/h2,4-5,8,12H,3,6-7,17H2,1H3,(H,19,21). The first-order valence-corrected chi connectivity index (χ1v) is 6.93. The van der Waals surface area contributed by atoms with Gasteiger partial charge in [-0.05, 0) is 31.4 Å². The number of rotatable bonds is 2. The van der Waals surface area contributed by atoms with E-state index in [-0.39, 0.29) is 23.2 Å². The molecule has 0 bridgehead atoms. The Balaban J connectivity index is 1.84. The normalized spacial score (nSPS) is 17.3. The lowest BCUT2D eigenvalue weighted by Crippen LogP contribution is -2.31. The second-order valence-electron chi connectivity index (χ2n) is 5.29. The molecule has 0 spiro atoms. The Hall–Kier alpha value is -2.37. The zero-order valence-electron chi connectivity index (χ0n) is 11.8. The topological polar surface area (TPSA) is 72.9 Å². The second-order valence-corrected chi connectivity index (χ2v) is 5.29. The average molecular weight is 288 g/mol. The molecule has 21 heavy (non-hydrogen) atoms. The van der Waals surface area contributed by atoms with Crippen molar-refractivity contribution in [3.8, 4) is 0 Å². The van der Waals surface area contributed by atoms with Gasteiger partial charge in [0.05, 0.1) is 23.5 Å². The number of hydrogen-bond acceptors (Lipinski definition) is 3.